The van der Waals surface area contributed by atoms with Crippen molar-refractivity contribution in [3.05, 3.63) is 35.9 Å². The molecule has 2 N–H and O–H groups in total. The number of carbonyl (C=O) groups excluding carboxylic acids is 2. The lowest BCUT2D eigenvalue weighted by molar-refractivity contribution is -0.133. The van der Waals surface area contributed by atoms with E-state index in [-0.39, 0.29) is 36.7 Å². The van der Waals surface area contributed by atoms with Crippen molar-refractivity contribution in [1.29, 1.82) is 0 Å². The van der Waals surface area contributed by atoms with E-state index in [4.69, 9.17) is 0 Å². The summed E-state index contributed by atoms with van der Waals surface area (Å²) in [5.41, 5.74) is 1.07. The molecule has 0 heterocycles. The van der Waals surface area contributed by atoms with Crippen LogP contribution in [0.1, 0.15) is 12.5 Å². The predicted octanol–water partition coefficient (Wildman–Crippen LogP) is 1.04. The maximum absolute atomic E-state index is 11.9. The summed E-state index contributed by atoms with van der Waals surface area (Å²) in [7, 11) is 3.53. The number of nitrogens with one attached hydrogen (secondary N) is 2. The average Bonchev–Trinajstić information content (AvgIpc) is 2.45. The summed E-state index contributed by atoms with van der Waals surface area (Å²) in [6.45, 7) is 3.00. The number of hydrogen-bond donors (Lipinski definition) is 2. The quantitative estimate of drug-likeness (QED) is 0.790. The first-order valence-electron chi connectivity index (χ1n) is 6.74. The fraction of sp³-hybridized carbons (Fsp3) is 0.467. The maximum atomic E-state index is 11.9. The number of nitrogens with zero attached hydrogens (tertiary/aromatic N) is 1. The van der Waals surface area contributed by atoms with Crippen molar-refractivity contribution < 1.29 is 9.59 Å². The first-order chi connectivity index (χ1) is 9.54. The fourth-order valence-electron chi connectivity index (χ4n) is 1.82. The van der Waals surface area contributed by atoms with E-state index in [2.05, 4.69) is 10.6 Å². The molecule has 0 bridgehead atoms. The minimum Gasteiger partial charge on any atom is -0.347 e. The van der Waals surface area contributed by atoms with Crippen LogP contribution in [-0.2, 0) is 16.1 Å². The normalized spacial score (nSPS) is 11.2. The number of hydrogen-bond acceptors (Lipinski definition) is 3. The van der Waals surface area contributed by atoms with Crippen LogP contribution in [0.4, 0.5) is 0 Å². The Hall–Kier alpha value is -1.59. The molecule has 0 saturated heterocycles. The second-order valence-corrected chi connectivity index (χ2v) is 4.91. The van der Waals surface area contributed by atoms with Crippen molar-refractivity contribution in [1.82, 2.24) is 15.5 Å². The zero-order valence-electron chi connectivity index (χ0n) is 12.8. The first kappa shape index (κ1) is 19.4. The minimum absolute atomic E-state index is 0. The van der Waals surface area contributed by atoms with Crippen molar-refractivity contribution in [3.63, 3.8) is 0 Å². The SMILES string of the molecule is CNCC(C)C(=O)NCC(=O)N(C)Cc1ccccc1.Cl. The van der Waals surface area contributed by atoms with Crippen LogP contribution in [0.3, 0.4) is 0 Å². The molecule has 1 rings (SSSR count). The molecule has 1 unspecified atom stereocenters. The molecule has 1 aromatic rings. The molecule has 1 aromatic carbocycles. The van der Waals surface area contributed by atoms with E-state index in [9.17, 15) is 9.59 Å². The van der Waals surface area contributed by atoms with Gasteiger partial charge in [-0.05, 0) is 12.6 Å². The molecule has 0 aliphatic rings. The van der Waals surface area contributed by atoms with Gasteiger partial charge in [-0.2, -0.15) is 0 Å². The van der Waals surface area contributed by atoms with E-state index in [1.165, 1.54) is 0 Å². The third-order valence-corrected chi connectivity index (χ3v) is 3.06. The highest BCUT2D eigenvalue weighted by molar-refractivity contribution is 5.86. The third kappa shape index (κ3) is 7.11. The highest BCUT2D eigenvalue weighted by Crippen LogP contribution is 2.02. The molecule has 21 heavy (non-hydrogen) atoms. The van der Waals surface area contributed by atoms with Crippen molar-refractivity contribution in [3.8, 4) is 0 Å². The smallest absolute Gasteiger partial charge is 0.242 e. The van der Waals surface area contributed by atoms with Gasteiger partial charge in [0, 0.05) is 26.1 Å². The Labute approximate surface area is 132 Å². The van der Waals surface area contributed by atoms with Gasteiger partial charge >= 0.3 is 0 Å². The van der Waals surface area contributed by atoms with Gasteiger partial charge < -0.3 is 15.5 Å². The molecule has 5 nitrogen and oxygen atoms in total. The number of halogens is 1. The minimum atomic E-state index is -0.146. The Morgan fingerprint density at radius 2 is 1.86 bits per heavy atom. The van der Waals surface area contributed by atoms with Gasteiger partial charge in [0.1, 0.15) is 0 Å². The summed E-state index contributed by atoms with van der Waals surface area (Å²) in [5.74, 6) is -0.355. The van der Waals surface area contributed by atoms with Gasteiger partial charge in [-0.1, -0.05) is 37.3 Å². The maximum Gasteiger partial charge on any atom is 0.242 e. The van der Waals surface area contributed by atoms with Crippen molar-refractivity contribution >= 4 is 24.2 Å². The first-order valence-corrected chi connectivity index (χ1v) is 6.74. The van der Waals surface area contributed by atoms with Crippen LogP contribution in [0.15, 0.2) is 30.3 Å². The second-order valence-electron chi connectivity index (χ2n) is 4.91. The number of carbonyl (C=O) groups is 2. The molecule has 6 heteroatoms. The third-order valence-electron chi connectivity index (χ3n) is 3.06. The largest absolute Gasteiger partial charge is 0.347 e. The molecule has 118 valence electrons. The highest BCUT2D eigenvalue weighted by Gasteiger charge is 2.14. The summed E-state index contributed by atoms with van der Waals surface area (Å²) in [6.07, 6.45) is 0. The summed E-state index contributed by atoms with van der Waals surface area (Å²) in [5, 5.41) is 5.60. The molecule has 2 amide bonds. The molecule has 1 atom stereocenters. The molecular formula is C15H24ClN3O2. The van der Waals surface area contributed by atoms with Gasteiger partial charge in [0.2, 0.25) is 11.8 Å². The van der Waals surface area contributed by atoms with E-state index in [1.54, 1.807) is 19.0 Å². The summed E-state index contributed by atoms with van der Waals surface area (Å²) in [6, 6.07) is 9.76. The van der Waals surface area contributed by atoms with Crippen molar-refractivity contribution in [2.24, 2.45) is 5.92 Å². The van der Waals surface area contributed by atoms with Crippen LogP contribution in [0.5, 0.6) is 0 Å². The summed E-state index contributed by atoms with van der Waals surface area (Å²) < 4.78 is 0. The monoisotopic (exact) mass is 313 g/mol. The lowest BCUT2D eigenvalue weighted by Gasteiger charge is -2.18. The molecule has 0 aliphatic carbocycles. The summed E-state index contributed by atoms with van der Waals surface area (Å²) in [4.78, 5) is 25.2. The van der Waals surface area contributed by atoms with Gasteiger partial charge in [0.15, 0.2) is 0 Å². The molecule has 0 radical (unpaired) electrons. The van der Waals surface area contributed by atoms with Gasteiger partial charge in [0.05, 0.1) is 6.54 Å². The van der Waals surface area contributed by atoms with Crippen LogP contribution < -0.4 is 10.6 Å². The van der Waals surface area contributed by atoms with E-state index < -0.39 is 0 Å². The number of rotatable bonds is 7. The van der Waals surface area contributed by atoms with E-state index in [1.807, 2.05) is 37.3 Å². The zero-order valence-corrected chi connectivity index (χ0v) is 13.6. The lowest BCUT2D eigenvalue weighted by atomic mass is 10.1. The van der Waals surface area contributed by atoms with E-state index in [0.717, 1.165) is 5.56 Å². The van der Waals surface area contributed by atoms with E-state index in [0.29, 0.717) is 13.1 Å². The second kappa shape index (κ2) is 10.2. The summed E-state index contributed by atoms with van der Waals surface area (Å²) >= 11 is 0. The molecule has 0 fully saturated rings. The van der Waals surface area contributed by atoms with Gasteiger partial charge in [-0.15, -0.1) is 12.4 Å². The number of likely N-dealkylation sites (N-methyl/N-ethyl adjacent to an activating group) is 1. The van der Waals surface area contributed by atoms with Crippen molar-refractivity contribution in [2.45, 2.75) is 13.5 Å². The van der Waals surface area contributed by atoms with Gasteiger partial charge in [-0.3, -0.25) is 9.59 Å². The van der Waals surface area contributed by atoms with Crippen LogP contribution in [0.2, 0.25) is 0 Å². The molecule has 0 saturated carbocycles. The molecule has 0 spiro atoms. The lowest BCUT2D eigenvalue weighted by Crippen LogP contribution is -2.41. The standard InChI is InChI=1S/C15H23N3O2.ClH/c1-12(9-16-2)15(20)17-10-14(19)18(3)11-13-7-5-4-6-8-13;/h4-8,12,16H,9-11H2,1-3H3,(H,17,20);1H. The number of amides is 2. The Kier molecular flexibility index (Phi) is 9.41. The Balaban J connectivity index is 0.00000400. The van der Waals surface area contributed by atoms with Crippen LogP contribution in [0.25, 0.3) is 0 Å². The van der Waals surface area contributed by atoms with Gasteiger partial charge in [-0.25, -0.2) is 0 Å². The molecular weight excluding hydrogens is 290 g/mol. The average molecular weight is 314 g/mol. The Bertz CT molecular complexity index is 440. The van der Waals surface area contributed by atoms with Crippen LogP contribution in [0, 0.1) is 5.92 Å². The highest BCUT2D eigenvalue weighted by atomic mass is 35.5. The molecule has 0 aromatic heterocycles. The van der Waals surface area contributed by atoms with Crippen LogP contribution in [-0.4, -0.2) is 43.9 Å². The fourth-order valence-corrected chi connectivity index (χ4v) is 1.82. The van der Waals surface area contributed by atoms with Crippen LogP contribution >= 0.6 is 12.4 Å². The Morgan fingerprint density at radius 3 is 2.43 bits per heavy atom. The van der Waals surface area contributed by atoms with Crippen molar-refractivity contribution in [2.75, 3.05) is 27.2 Å². The van der Waals surface area contributed by atoms with E-state index >= 15 is 0 Å². The Morgan fingerprint density at radius 1 is 1.24 bits per heavy atom. The predicted molar refractivity (Wildman–Crippen MR) is 86.3 cm³/mol. The van der Waals surface area contributed by atoms with Gasteiger partial charge in [0.25, 0.3) is 0 Å². The molecule has 0 aliphatic heterocycles. The zero-order chi connectivity index (χ0) is 15.0. The number of benzene rings is 1. The topological polar surface area (TPSA) is 61.4 Å².